The molecule has 0 unspecified atom stereocenters. The van der Waals surface area contributed by atoms with Crippen molar-refractivity contribution in [3.63, 3.8) is 0 Å². The molecule has 0 radical (unpaired) electrons. The Kier molecular flexibility index (Phi) is 13.5. The van der Waals surface area contributed by atoms with Gasteiger partial charge in [0.05, 0.1) is 6.20 Å². The van der Waals surface area contributed by atoms with Gasteiger partial charge in [-0.2, -0.15) is 5.10 Å². The van der Waals surface area contributed by atoms with Crippen molar-refractivity contribution in [2.75, 3.05) is 0 Å². The molecule has 0 bridgehead atoms. The number of aromatic nitrogens is 2. The Labute approximate surface area is 102 Å². The number of rotatable bonds is 1. The van der Waals surface area contributed by atoms with Crippen molar-refractivity contribution in [2.45, 2.75) is 74.3 Å². The average Bonchev–Trinajstić information content (AvgIpc) is 2.99. The predicted molar refractivity (Wildman–Crippen MR) is 74.0 cm³/mol. The fraction of sp³-hybridized carbons (Fsp3) is 0.786. The lowest BCUT2D eigenvalue weighted by Crippen LogP contribution is -1.93. The van der Waals surface area contributed by atoms with E-state index in [1.54, 1.807) is 0 Å². The zero-order valence-electron chi connectivity index (χ0n) is 12.3. The molecule has 2 nitrogen and oxygen atoms in total. The summed E-state index contributed by atoms with van der Waals surface area (Å²) in [6, 6.07) is 0. The molecule has 0 saturated carbocycles. The first-order chi connectivity index (χ1) is 7.92. The molecule has 0 spiro atoms. The summed E-state index contributed by atoms with van der Waals surface area (Å²) in [4.78, 5) is 0. The van der Waals surface area contributed by atoms with Crippen molar-refractivity contribution >= 4 is 0 Å². The molecule has 0 aromatic carbocycles. The fourth-order valence-electron chi connectivity index (χ4n) is 1.62. The first-order valence-electron chi connectivity index (χ1n) is 6.95. The molecule has 0 N–H and O–H groups in total. The summed E-state index contributed by atoms with van der Waals surface area (Å²) in [6.45, 7) is 15.3. The Bertz CT molecular complexity index is 239. The molecule has 1 aliphatic heterocycles. The van der Waals surface area contributed by atoms with Gasteiger partial charge < -0.3 is 0 Å². The zero-order valence-corrected chi connectivity index (χ0v) is 12.3. The summed E-state index contributed by atoms with van der Waals surface area (Å²) in [5.41, 5.74) is 2.92. The van der Waals surface area contributed by atoms with Gasteiger partial charge in [-0.15, -0.1) is 0 Å². The van der Waals surface area contributed by atoms with Gasteiger partial charge in [-0.25, -0.2) is 0 Å². The third-order valence-corrected chi connectivity index (χ3v) is 2.20. The number of fused-ring (bicyclic) bond motifs is 1. The van der Waals surface area contributed by atoms with Crippen LogP contribution in [0.3, 0.4) is 0 Å². The second-order valence-corrected chi connectivity index (χ2v) is 2.80. The van der Waals surface area contributed by atoms with Crippen molar-refractivity contribution in [3.8, 4) is 0 Å². The molecule has 0 atom stereocenters. The SMILES string of the molecule is CC.CC.CC.CCc1cnn2c1CCC2. The van der Waals surface area contributed by atoms with Gasteiger partial charge in [-0.3, -0.25) is 4.68 Å². The number of nitrogens with zero attached hydrogens (tertiary/aromatic N) is 2. The fourth-order valence-corrected chi connectivity index (χ4v) is 1.62. The van der Waals surface area contributed by atoms with Gasteiger partial charge in [-0.1, -0.05) is 48.5 Å². The standard InChI is InChI=1S/C8H12N2.3C2H6/c1-2-7-6-9-10-5-3-4-8(7)10;3*1-2/h6H,2-5H2,1H3;3*1-2H3. The van der Waals surface area contributed by atoms with Gasteiger partial charge in [0.1, 0.15) is 0 Å². The van der Waals surface area contributed by atoms with Gasteiger partial charge in [0.15, 0.2) is 0 Å². The van der Waals surface area contributed by atoms with Gasteiger partial charge in [0.25, 0.3) is 0 Å². The number of hydrogen-bond acceptors (Lipinski definition) is 1. The molecule has 96 valence electrons. The number of hydrogen-bond donors (Lipinski definition) is 0. The van der Waals surface area contributed by atoms with E-state index in [0.29, 0.717) is 0 Å². The van der Waals surface area contributed by atoms with Crippen LogP contribution in [0.25, 0.3) is 0 Å². The third kappa shape index (κ3) is 4.82. The molecule has 1 aromatic rings. The van der Waals surface area contributed by atoms with Crippen LogP contribution in [0.4, 0.5) is 0 Å². The van der Waals surface area contributed by atoms with Crippen LogP contribution in [0.15, 0.2) is 6.20 Å². The van der Waals surface area contributed by atoms with Gasteiger partial charge in [0.2, 0.25) is 0 Å². The highest BCUT2D eigenvalue weighted by molar-refractivity contribution is 5.19. The van der Waals surface area contributed by atoms with E-state index in [4.69, 9.17) is 0 Å². The second kappa shape index (κ2) is 12.3. The molecule has 0 amide bonds. The minimum Gasteiger partial charge on any atom is -0.269 e. The summed E-state index contributed by atoms with van der Waals surface area (Å²) in [5.74, 6) is 0. The van der Waals surface area contributed by atoms with E-state index in [-0.39, 0.29) is 0 Å². The first-order valence-corrected chi connectivity index (χ1v) is 6.95. The molecule has 2 heterocycles. The molecule has 1 aliphatic rings. The van der Waals surface area contributed by atoms with Crippen molar-refractivity contribution in [1.29, 1.82) is 0 Å². The lowest BCUT2D eigenvalue weighted by molar-refractivity contribution is 0.656. The van der Waals surface area contributed by atoms with Crippen LogP contribution < -0.4 is 0 Å². The van der Waals surface area contributed by atoms with E-state index in [1.807, 2.05) is 47.7 Å². The van der Waals surface area contributed by atoms with E-state index in [1.165, 1.54) is 24.1 Å². The predicted octanol–water partition coefficient (Wildman–Crippen LogP) is 4.47. The summed E-state index contributed by atoms with van der Waals surface area (Å²) >= 11 is 0. The van der Waals surface area contributed by atoms with Crippen LogP contribution in [0, 0.1) is 0 Å². The molecular formula is C14H30N2. The maximum Gasteiger partial charge on any atom is 0.0524 e. The Hall–Kier alpha value is -0.790. The molecule has 0 fully saturated rings. The number of aryl methyl sites for hydroxylation is 2. The highest BCUT2D eigenvalue weighted by atomic mass is 15.3. The van der Waals surface area contributed by atoms with Crippen LogP contribution in [-0.4, -0.2) is 9.78 Å². The van der Waals surface area contributed by atoms with E-state index >= 15 is 0 Å². The third-order valence-electron chi connectivity index (χ3n) is 2.20. The molecule has 0 saturated heterocycles. The topological polar surface area (TPSA) is 17.8 Å². The van der Waals surface area contributed by atoms with Crippen molar-refractivity contribution < 1.29 is 0 Å². The van der Waals surface area contributed by atoms with Crippen LogP contribution in [0.2, 0.25) is 0 Å². The monoisotopic (exact) mass is 226 g/mol. The van der Waals surface area contributed by atoms with Gasteiger partial charge >= 0.3 is 0 Å². The van der Waals surface area contributed by atoms with Crippen molar-refractivity contribution in [1.82, 2.24) is 9.78 Å². The van der Waals surface area contributed by atoms with Gasteiger partial charge in [-0.05, 0) is 24.8 Å². The van der Waals surface area contributed by atoms with Gasteiger partial charge in [0, 0.05) is 12.2 Å². The molecule has 2 rings (SSSR count). The maximum atomic E-state index is 4.28. The molecule has 16 heavy (non-hydrogen) atoms. The second-order valence-electron chi connectivity index (χ2n) is 2.80. The minimum atomic E-state index is 1.13. The highest BCUT2D eigenvalue weighted by Crippen LogP contribution is 2.17. The van der Waals surface area contributed by atoms with Crippen LogP contribution in [-0.2, 0) is 19.4 Å². The smallest absolute Gasteiger partial charge is 0.0524 e. The van der Waals surface area contributed by atoms with E-state index < -0.39 is 0 Å². The lowest BCUT2D eigenvalue weighted by atomic mass is 10.1. The Morgan fingerprint density at radius 3 is 2.19 bits per heavy atom. The quantitative estimate of drug-likeness (QED) is 0.691. The van der Waals surface area contributed by atoms with E-state index in [0.717, 1.165) is 13.0 Å². The Morgan fingerprint density at radius 2 is 1.69 bits per heavy atom. The van der Waals surface area contributed by atoms with Crippen molar-refractivity contribution in [2.24, 2.45) is 0 Å². The highest BCUT2D eigenvalue weighted by Gasteiger charge is 2.13. The molecular weight excluding hydrogens is 196 g/mol. The van der Waals surface area contributed by atoms with E-state index in [2.05, 4.69) is 16.7 Å². The van der Waals surface area contributed by atoms with Crippen LogP contribution in [0.5, 0.6) is 0 Å². The normalized spacial score (nSPS) is 10.9. The minimum absolute atomic E-state index is 1.13. The summed E-state index contributed by atoms with van der Waals surface area (Å²) in [7, 11) is 0. The van der Waals surface area contributed by atoms with Crippen molar-refractivity contribution in [3.05, 3.63) is 17.5 Å². The summed E-state index contributed by atoms with van der Waals surface area (Å²) in [6.07, 6.45) is 5.67. The maximum absolute atomic E-state index is 4.28. The Morgan fingerprint density at radius 1 is 1.12 bits per heavy atom. The molecule has 1 aromatic heterocycles. The molecule has 2 heteroatoms. The lowest BCUT2D eigenvalue weighted by Gasteiger charge is -1.93. The van der Waals surface area contributed by atoms with E-state index in [9.17, 15) is 0 Å². The van der Waals surface area contributed by atoms with Crippen LogP contribution in [0.1, 0.15) is 66.1 Å². The largest absolute Gasteiger partial charge is 0.269 e. The first kappa shape index (κ1) is 17.6. The molecule has 0 aliphatic carbocycles. The summed E-state index contributed by atoms with van der Waals surface area (Å²) in [5, 5.41) is 4.28. The van der Waals surface area contributed by atoms with Crippen LogP contribution >= 0.6 is 0 Å². The zero-order chi connectivity index (χ0) is 13.0. The summed E-state index contributed by atoms with van der Waals surface area (Å²) < 4.78 is 2.14. The Balaban J connectivity index is 0. The average molecular weight is 226 g/mol.